The number of para-hydroxylation sites is 2. The lowest BCUT2D eigenvalue weighted by molar-refractivity contribution is -0.116. The molecular weight excluding hydrogens is 416 g/mol. The van der Waals surface area contributed by atoms with E-state index in [1.54, 1.807) is 25.7 Å². The van der Waals surface area contributed by atoms with E-state index in [4.69, 9.17) is 9.47 Å². The minimum atomic E-state index is -0.193. The minimum absolute atomic E-state index is 0.0499. The van der Waals surface area contributed by atoms with Gasteiger partial charge in [0.1, 0.15) is 12.1 Å². The molecular formula is C26H26N4O3. The van der Waals surface area contributed by atoms with Gasteiger partial charge in [0.2, 0.25) is 5.91 Å². The van der Waals surface area contributed by atoms with Gasteiger partial charge in [-0.1, -0.05) is 24.3 Å². The van der Waals surface area contributed by atoms with Gasteiger partial charge in [-0.25, -0.2) is 9.97 Å². The van der Waals surface area contributed by atoms with E-state index >= 15 is 0 Å². The molecule has 4 aromatic rings. The van der Waals surface area contributed by atoms with Crippen molar-refractivity contribution in [3.05, 3.63) is 84.3 Å². The first-order valence-electron chi connectivity index (χ1n) is 10.7. The number of pyridine rings is 1. The summed E-state index contributed by atoms with van der Waals surface area (Å²) in [5.74, 6) is 1.88. The summed E-state index contributed by atoms with van der Waals surface area (Å²) in [6, 6.07) is 17.3. The van der Waals surface area contributed by atoms with Crippen LogP contribution < -0.4 is 14.8 Å². The smallest absolute Gasteiger partial charge is 0.244 e. The molecule has 168 valence electrons. The van der Waals surface area contributed by atoms with Crippen molar-refractivity contribution >= 4 is 23.0 Å². The molecule has 0 unspecified atom stereocenters. The van der Waals surface area contributed by atoms with Crippen molar-refractivity contribution in [2.24, 2.45) is 0 Å². The maximum atomic E-state index is 12.3. The fourth-order valence-electron chi connectivity index (χ4n) is 3.36. The molecule has 0 radical (unpaired) electrons. The standard InChI is InChI=1S/C26H26N4O3/c1-18(2)33-23-11-8-19(14-24(23)32-3)10-13-26(31)28-16-20-9-12-25(27-15-20)30-17-29-21-6-4-5-7-22(21)30/h4-15,17-18H,16H2,1-3H3,(H,28,31)/b13-10+. The third kappa shape index (κ3) is 5.38. The first-order chi connectivity index (χ1) is 16.0. The fourth-order valence-corrected chi connectivity index (χ4v) is 3.36. The molecule has 0 fully saturated rings. The van der Waals surface area contributed by atoms with Crippen LogP contribution in [-0.4, -0.2) is 33.7 Å². The number of methoxy groups -OCH3 is 1. The summed E-state index contributed by atoms with van der Waals surface area (Å²) in [4.78, 5) is 21.2. The van der Waals surface area contributed by atoms with Crippen LogP contribution in [0, 0.1) is 0 Å². The van der Waals surface area contributed by atoms with E-state index in [-0.39, 0.29) is 12.0 Å². The molecule has 0 aliphatic heterocycles. The monoisotopic (exact) mass is 442 g/mol. The highest BCUT2D eigenvalue weighted by Crippen LogP contribution is 2.29. The number of rotatable bonds is 8. The molecule has 4 rings (SSSR count). The quantitative estimate of drug-likeness (QED) is 0.405. The van der Waals surface area contributed by atoms with Crippen molar-refractivity contribution in [2.45, 2.75) is 26.5 Å². The summed E-state index contributed by atoms with van der Waals surface area (Å²) < 4.78 is 13.0. The predicted octanol–water partition coefficient (Wildman–Crippen LogP) is 4.55. The molecule has 0 aliphatic rings. The van der Waals surface area contributed by atoms with Crippen molar-refractivity contribution in [3.8, 4) is 17.3 Å². The number of ether oxygens (including phenoxy) is 2. The van der Waals surface area contributed by atoms with Gasteiger partial charge in [-0.3, -0.25) is 9.36 Å². The van der Waals surface area contributed by atoms with Gasteiger partial charge in [0.05, 0.1) is 24.2 Å². The average Bonchev–Trinajstić information content (AvgIpc) is 3.26. The Balaban J connectivity index is 1.35. The molecule has 2 heterocycles. The summed E-state index contributed by atoms with van der Waals surface area (Å²) >= 11 is 0. The Labute approximate surface area is 192 Å². The Bertz CT molecular complexity index is 1280. The Morgan fingerprint density at radius 3 is 2.70 bits per heavy atom. The van der Waals surface area contributed by atoms with Gasteiger partial charge in [-0.2, -0.15) is 0 Å². The third-order valence-electron chi connectivity index (χ3n) is 4.95. The van der Waals surface area contributed by atoms with Crippen molar-refractivity contribution in [2.75, 3.05) is 7.11 Å². The molecule has 7 heteroatoms. The molecule has 33 heavy (non-hydrogen) atoms. The molecule has 0 spiro atoms. The highest BCUT2D eigenvalue weighted by molar-refractivity contribution is 5.91. The maximum Gasteiger partial charge on any atom is 0.244 e. The molecule has 0 aliphatic carbocycles. The fraction of sp³-hybridized carbons (Fsp3) is 0.192. The van der Waals surface area contributed by atoms with Crippen LogP contribution in [0.4, 0.5) is 0 Å². The summed E-state index contributed by atoms with van der Waals surface area (Å²) in [5, 5.41) is 2.88. The van der Waals surface area contributed by atoms with Crippen LogP contribution in [0.2, 0.25) is 0 Å². The van der Waals surface area contributed by atoms with Crippen LogP contribution in [0.25, 0.3) is 22.9 Å². The first kappa shape index (κ1) is 22.1. The van der Waals surface area contributed by atoms with E-state index in [1.807, 2.05) is 73.0 Å². The van der Waals surface area contributed by atoms with Gasteiger partial charge < -0.3 is 14.8 Å². The van der Waals surface area contributed by atoms with Crippen LogP contribution in [0.15, 0.2) is 73.2 Å². The van der Waals surface area contributed by atoms with Crippen LogP contribution >= 0.6 is 0 Å². The molecule has 2 aromatic carbocycles. The number of aromatic nitrogens is 3. The van der Waals surface area contributed by atoms with Crippen LogP contribution in [0.5, 0.6) is 11.5 Å². The van der Waals surface area contributed by atoms with Gasteiger partial charge in [0.25, 0.3) is 0 Å². The number of carbonyl (C=O) groups excluding carboxylic acids is 1. The summed E-state index contributed by atoms with van der Waals surface area (Å²) in [5.41, 5.74) is 3.66. The second kappa shape index (κ2) is 9.99. The number of hydrogen-bond acceptors (Lipinski definition) is 5. The summed E-state index contributed by atoms with van der Waals surface area (Å²) in [6.07, 6.45) is 6.80. The minimum Gasteiger partial charge on any atom is -0.493 e. The number of amides is 1. The van der Waals surface area contributed by atoms with Crippen molar-refractivity contribution in [1.82, 2.24) is 19.9 Å². The second-order valence-corrected chi connectivity index (χ2v) is 7.76. The van der Waals surface area contributed by atoms with E-state index in [9.17, 15) is 4.79 Å². The maximum absolute atomic E-state index is 12.3. The highest BCUT2D eigenvalue weighted by Gasteiger charge is 2.07. The van der Waals surface area contributed by atoms with E-state index in [2.05, 4.69) is 15.3 Å². The van der Waals surface area contributed by atoms with Crippen molar-refractivity contribution in [3.63, 3.8) is 0 Å². The van der Waals surface area contributed by atoms with Crippen molar-refractivity contribution < 1.29 is 14.3 Å². The summed E-state index contributed by atoms with van der Waals surface area (Å²) in [6.45, 7) is 4.30. The Hall–Kier alpha value is -4.13. The van der Waals surface area contributed by atoms with Gasteiger partial charge in [0.15, 0.2) is 11.5 Å². The SMILES string of the molecule is COc1cc(/C=C/C(=O)NCc2ccc(-n3cnc4ccccc43)nc2)ccc1OC(C)C. The average molecular weight is 443 g/mol. The predicted molar refractivity (Wildman–Crippen MR) is 129 cm³/mol. The zero-order chi connectivity index (χ0) is 23.2. The zero-order valence-electron chi connectivity index (χ0n) is 18.9. The summed E-state index contributed by atoms with van der Waals surface area (Å²) in [7, 11) is 1.59. The number of nitrogens with one attached hydrogen (secondary N) is 1. The largest absolute Gasteiger partial charge is 0.493 e. The van der Waals surface area contributed by atoms with Crippen molar-refractivity contribution in [1.29, 1.82) is 0 Å². The molecule has 2 aromatic heterocycles. The van der Waals surface area contributed by atoms with E-state index in [0.29, 0.717) is 18.0 Å². The molecule has 0 bridgehead atoms. The molecule has 0 atom stereocenters. The number of nitrogens with zero attached hydrogens (tertiary/aromatic N) is 3. The normalized spacial score (nSPS) is 11.3. The number of benzene rings is 2. The molecule has 1 N–H and O–H groups in total. The third-order valence-corrected chi connectivity index (χ3v) is 4.95. The molecule has 1 amide bonds. The van der Waals surface area contributed by atoms with Crippen LogP contribution in [-0.2, 0) is 11.3 Å². The van der Waals surface area contributed by atoms with Gasteiger partial charge >= 0.3 is 0 Å². The van der Waals surface area contributed by atoms with Gasteiger partial charge in [0, 0.05) is 18.8 Å². The lowest BCUT2D eigenvalue weighted by Gasteiger charge is -2.13. The van der Waals surface area contributed by atoms with Crippen LogP contribution in [0.1, 0.15) is 25.0 Å². The number of fused-ring (bicyclic) bond motifs is 1. The topological polar surface area (TPSA) is 78.3 Å². The lowest BCUT2D eigenvalue weighted by atomic mass is 10.2. The Morgan fingerprint density at radius 1 is 1.09 bits per heavy atom. The Morgan fingerprint density at radius 2 is 1.94 bits per heavy atom. The lowest BCUT2D eigenvalue weighted by Crippen LogP contribution is -2.20. The zero-order valence-corrected chi connectivity index (χ0v) is 18.9. The molecule has 7 nitrogen and oxygen atoms in total. The molecule has 0 saturated carbocycles. The highest BCUT2D eigenvalue weighted by atomic mass is 16.5. The van der Waals surface area contributed by atoms with Crippen LogP contribution in [0.3, 0.4) is 0 Å². The van der Waals surface area contributed by atoms with Gasteiger partial charge in [-0.05, 0) is 61.4 Å². The number of carbonyl (C=O) groups is 1. The molecule has 0 saturated heterocycles. The Kier molecular flexibility index (Phi) is 6.69. The van der Waals surface area contributed by atoms with Gasteiger partial charge in [-0.15, -0.1) is 0 Å². The van der Waals surface area contributed by atoms with E-state index in [0.717, 1.165) is 28.0 Å². The number of hydrogen-bond donors (Lipinski definition) is 1. The number of imidazole rings is 1. The van der Waals surface area contributed by atoms with E-state index in [1.165, 1.54) is 6.08 Å². The first-order valence-corrected chi connectivity index (χ1v) is 10.7. The van der Waals surface area contributed by atoms with E-state index < -0.39 is 0 Å². The second-order valence-electron chi connectivity index (χ2n) is 7.76.